The number of unbranched alkanes of at least 4 members (excludes halogenated alkanes) is 17. The van der Waals surface area contributed by atoms with Crippen molar-refractivity contribution in [1.82, 2.24) is 5.32 Å². The molecule has 0 aliphatic carbocycles. The van der Waals surface area contributed by atoms with E-state index in [4.69, 9.17) is 9.05 Å². The third-order valence-corrected chi connectivity index (χ3v) is 8.91. The van der Waals surface area contributed by atoms with Gasteiger partial charge >= 0.3 is 7.82 Å². The molecule has 0 bridgehead atoms. The highest BCUT2D eigenvalue weighted by molar-refractivity contribution is 7.47. The molecule has 0 fully saturated rings. The van der Waals surface area contributed by atoms with E-state index in [1.165, 1.54) is 89.9 Å². The van der Waals surface area contributed by atoms with Crippen LogP contribution in [0.2, 0.25) is 0 Å². The number of allylic oxidation sites excluding steroid dienone is 3. The summed E-state index contributed by atoms with van der Waals surface area (Å²) in [4.78, 5) is 22.9. The Labute approximate surface area is 277 Å². The molecule has 266 valence electrons. The second-order valence-corrected chi connectivity index (χ2v) is 15.0. The van der Waals surface area contributed by atoms with Crippen molar-refractivity contribution in [1.29, 1.82) is 0 Å². The third kappa shape index (κ3) is 31.4. The lowest BCUT2D eigenvalue weighted by molar-refractivity contribution is -0.870. The van der Waals surface area contributed by atoms with Crippen LogP contribution >= 0.6 is 7.82 Å². The summed E-state index contributed by atoms with van der Waals surface area (Å²) in [5.41, 5.74) is 0. The van der Waals surface area contributed by atoms with Crippen LogP contribution in [0.15, 0.2) is 24.3 Å². The Morgan fingerprint density at radius 2 is 1.22 bits per heavy atom. The van der Waals surface area contributed by atoms with Gasteiger partial charge in [-0.1, -0.05) is 141 Å². The molecule has 0 aromatic heterocycles. The summed E-state index contributed by atoms with van der Waals surface area (Å²) in [7, 11) is 1.55. The monoisotopic (exact) mass is 660 g/mol. The summed E-state index contributed by atoms with van der Waals surface area (Å²) in [5, 5.41) is 13.6. The lowest BCUT2D eigenvalue weighted by Crippen LogP contribution is -2.45. The molecule has 0 aliphatic heterocycles. The SMILES string of the molecule is CCCC/C=C/CC/C=C/C(O)C(COP(=O)(O)OCC[N+](C)(C)C)NC(=O)CCCCCCCCCCCCCCCCC. The van der Waals surface area contributed by atoms with Crippen molar-refractivity contribution < 1.29 is 32.9 Å². The van der Waals surface area contributed by atoms with Gasteiger partial charge in [-0.2, -0.15) is 0 Å². The normalized spacial score (nSPS) is 15.1. The van der Waals surface area contributed by atoms with E-state index in [1.807, 2.05) is 27.2 Å². The number of amides is 1. The predicted molar refractivity (Wildman–Crippen MR) is 189 cm³/mol. The van der Waals surface area contributed by atoms with Gasteiger partial charge in [-0.05, 0) is 25.7 Å². The van der Waals surface area contributed by atoms with Crippen LogP contribution in [0.25, 0.3) is 0 Å². The molecule has 8 nitrogen and oxygen atoms in total. The number of hydrogen-bond acceptors (Lipinski definition) is 5. The first-order valence-corrected chi connectivity index (χ1v) is 19.7. The maximum atomic E-state index is 12.7. The van der Waals surface area contributed by atoms with Crippen LogP contribution in [0.3, 0.4) is 0 Å². The summed E-state index contributed by atoms with van der Waals surface area (Å²) >= 11 is 0. The van der Waals surface area contributed by atoms with E-state index in [2.05, 4.69) is 31.3 Å². The summed E-state index contributed by atoms with van der Waals surface area (Å²) in [5.74, 6) is -0.191. The molecule has 3 N–H and O–H groups in total. The Balaban J connectivity index is 4.47. The molecule has 0 aromatic carbocycles. The topological polar surface area (TPSA) is 105 Å². The molecular weight excluding hydrogens is 587 g/mol. The number of nitrogens with one attached hydrogen (secondary N) is 1. The van der Waals surface area contributed by atoms with Gasteiger partial charge in [-0.3, -0.25) is 13.8 Å². The van der Waals surface area contributed by atoms with E-state index < -0.39 is 20.0 Å². The number of rotatable bonds is 32. The lowest BCUT2D eigenvalue weighted by atomic mass is 10.0. The van der Waals surface area contributed by atoms with Crippen molar-refractivity contribution in [2.24, 2.45) is 0 Å². The highest BCUT2D eigenvalue weighted by Gasteiger charge is 2.27. The first-order valence-electron chi connectivity index (χ1n) is 18.2. The molecule has 0 saturated heterocycles. The maximum absolute atomic E-state index is 12.7. The fraction of sp³-hybridized carbons (Fsp3) is 0.861. The van der Waals surface area contributed by atoms with Gasteiger partial charge in [-0.25, -0.2) is 4.57 Å². The number of aliphatic hydroxyl groups excluding tert-OH is 1. The van der Waals surface area contributed by atoms with Crippen LogP contribution < -0.4 is 5.32 Å². The minimum absolute atomic E-state index is 0.0573. The highest BCUT2D eigenvalue weighted by atomic mass is 31.2. The lowest BCUT2D eigenvalue weighted by Gasteiger charge is -2.25. The number of phosphoric ester groups is 1. The van der Waals surface area contributed by atoms with Crippen LogP contribution in [-0.2, 0) is 18.4 Å². The molecule has 0 aromatic rings. The molecule has 0 saturated carbocycles. The molecule has 3 atom stereocenters. The molecule has 0 aliphatic rings. The van der Waals surface area contributed by atoms with E-state index in [-0.39, 0.29) is 19.1 Å². The summed E-state index contributed by atoms with van der Waals surface area (Å²) in [6, 6.07) is -0.854. The highest BCUT2D eigenvalue weighted by Crippen LogP contribution is 2.43. The summed E-state index contributed by atoms with van der Waals surface area (Å²) in [6.45, 7) is 4.70. The standard InChI is InChI=1S/C36H71N2O6P/c1-6-8-10-12-14-16-17-18-19-20-21-22-24-26-28-30-36(40)37-34(33-44-45(41,42)43-32-31-38(3,4)5)35(39)29-27-25-23-15-13-11-9-7-2/h13,15,27,29,34-35,39H,6-12,14,16-26,28,30-33H2,1-5H3,(H-,37,40,41,42)/p+1/b15-13+,29-27+. The van der Waals surface area contributed by atoms with Crippen molar-refractivity contribution in [3.8, 4) is 0 Å². The fourth-order valence-corrected chi connectivity index (χ4v) is 5.66. The van der Waals surface area contributed by atoms with E-state index >= 15 is 0 Å². The molecular formula is C36H72N2O6P+. The van der Waals surface area contributed by atoms with Crippen molar-refractivity contribution in [3.63, 3.8) is 0 Å². The van der Waals surface area contributed by atoms with Crippen LogP contribution in [0.5, 0.6) is 0 Å². The minimum atomic E-state index is -4.33. The number of hydrogen-bond donors (Lipinski definition) is 3. The van der Waals surface area contributed by atoms with Gasteiger partial charge in [0.15, 0.2) is 0 Å². The molecule has 0 rings (SSSR count). The smallest absolute Gasteiger partial charge is 0.387 e. The van der Waals surface area contributed by atoms with Crippen molar-refractivity contribution >= 4 is 13.7 Å². The van der Waals surface area contributed by atoms with Gasteiger partial charge < -0.3 is 19.8 Å². The second kappa shape index (κ2) is 29.1. The van der Waals surface area contributed by atoms with Gasteiger partial charge in [0.1, 0.15) is 13.2 Å². The van der Waals surface area contributed by atoms with Gasteiger partial charge in [0.2, 0.25) is 5.91 Å². The van der Waals surface area contributed by atoms with E-state index in [0.717, 1.165) is 38.5 Å². The van der Waals surface area contributed by atoms with Gasteiger partial charge in [0.25, 0.3) is 0 Å². The largest absolute Gasteiger partial charge is 0.472 e. The molecule has 0 heterocycles. The summed E-state index contributed by atoms with van der Waals surface area (Å²) in [6.07, 6.45) is 31.1. The molecule has 0 radical (unpaired) electrons. The number of carbonyl (C=O) groups is 1. The number of carbonyl (C=O) groups excluding carboxylic acids is 1. The molecule has 3 unspecified atom stereocenters. The number of phosphoric acid groups is 1. The number of likely N-dealkylation sites (N-methyl/N-ethyl adjacent to an activating group) is 1. The van der Waals surface area contributed by atoms with Gasteiger partial charge in [0.05, 0.1) is 39.9 Å². The average Bonchev–Trinajstić information content (AvgIpc) is 2.97. The van der Waals surface area contributed by atoms with Crippen LogP contribution in [-0.4, -0.2) is 73.4 Å². The van der Waals surface area contributed by atoms with Crippen molar-refractivity contribution in [2.45, 2.75) is 161 Å². The maximum Gasteiger partial charge on any atom is 0.472 e. The minimum Gasteiger partial charge on any atom is -0.387 e. The van der Waals surface area contributed by atoms with E-state index in [9.17, 15) is 19.4 Å². The van der Waals surface area contributed by atoms with E-state index in [1.54, 1.807) is 6.08 Å². The van der Waals surface area contributed by atoms with Crippen LogP contribution in [0.4, 0.5) is 0 Å². The number of aliphatic hydroxyl groups is 1. The van der Waals surface area contributed by atoms with Crippen LogP contribution in [0.1, 0.15) is 149 Å². The van der Waals surface area contributed by atoms with Crippen molar-refractivity contribution in [3.05, 3.63) is 24.3 Å². The molecule has 1 amide bonds. The first-order chi connectivity index (χ1) is 21.5. The fourth-order valence-electron chi connectivity index (χ4n) is 4.92. The Kier molecular flexibility index (Phi) is 28.5. The number of quaternary nitrogens is 1. The van der Waals surface area contributed by atoms with Crippen LogP contribution in [0, 0.1) is 0 Å². The zero-order valence-corrected chi connectivity index (χ0v) is 30.8. The third-order valence-electron chi connectivity index (χ3n) is 7.92. The zero-order valence-electron chi connectivity index (χ0n) is 29.9. The average molecular weight is 660 g/mol. The predicted octanol–water partition coefficient (Wildman–Crippen LogP) is 9.02. The quantitative estimate of drug-likeness (QED) is 0.0288. The Morgan fingerprint density at radius 1 is 0.733 bits per heavy atom. The zero-order chi connectivity index (χ0) is 33.7. The van der Waals surface area contributed by atoms with E-state index in [0.29, 0.717) is 17.4 Å². The van der Waals surface area contributed by atoms with Gasteiger partial charge in [0, 0.05) is 6.42 Å². The Morgan fingerprint density at radius 3 is 1.76 bits per heavy atom. The molecule has 0 spiro atoms. The number of nitrogens with zero attached hydrogens (tertiary/aromatic N) is 1. The summed E-state index contributed by atoms with van der Waals surface area (Å²) < 4.78 is 23.3. The van der Waals surface area contributed by atoms with Gasteiger partial charge in [-0.15, -0.1) is 0 Å². The Bertz CT molecular complexity index is 799. The molecule has 45 heavy (non-hydrogen) atoms. The van der Waals surface area contributed by atoms with Crippen molar-refractivity contribution in [2.75, 3.05) is 40.9 Å². The second-order valence-electron chi connectivity index (χ2n) is 13.6. The Hall–Kier alpha value is -1.02. The first kappa shape index (κ1) is 44.0. The molecule has 9 heteroatoms.